The van der Waals surface area contributed by atoms with E-state index in [0.717, 1.165) is 57.8 Å². The van der Waals surface area contributed by atoms with Crippen molar-refractivity contribution < 1.29 is 34.1 Å². The van der Waals surface area contributed by atoms with Gasteiger partial charge < -0.3 is 25.6 Å². The molecule has 0 heterocycles. The highest BCUT2D eigenvalue weighted by Gasteiger charge is 2.19. The molecule has 0 aliphatic carbocycles. The summed E-state index contributed by atoms with van der Waals surface area (Å²) in [6, 6.07) is -1.38. The Labute approximate surface area is 319 Å². The van der Waals surface area contributed by atoms with Crippen LogP contribution in [0.25, 0.3) is 0 Å². The number of carboxylic acid groups (broad SMARTS) is 1. The van der Waals surface area contributed by atoms with Crippen LogP contribution in [0.15, 0.2) is 0 Å². The molecule has 0 fully saturated rings. The van der Waals surface area contributed by atoms with Crippen molar-refractivity contribution >= 4 is 23.8 Å². The molecule has 0 aliphatic heterocycles. The predicted molar refractivity (Wildman–Crippen MR) is 213 cm³/mol. The quantitative estimate of drug-likeness (QED) is 0.0362. The number of amides is 2. The van der Waals surface area contributed by atoms with Gasteiger partial charge in [0.2, 0.25) is 11.8 Å². The molecule has 306 valence electrons. The first-order chi connectivity index (χ1) is 25.3. The van der Waals surface area contributed by atoms with Crippen LogP contribution in [0.2, 0.25) is 0 Å². The number of carboxylic acids is 1. The van der Waals surface area contributed by atoms with E-state index in [2.05, 4.69) is 24.5 Å². The van der Waals surface area contributed by atoms with Gasteiger partial charge in [-0.25, -0.2) is 4.79 Å². The molecular formula is C43H82N2O7. The lowest BCUT2D eigenvalue weighted by atomic mass is 10.0. The SMILES string of the molecule is CCCCCCCCCCCCCCCCCC(=O)OC(CCCCCCCCCCC)CCCCCCCC(=O)NCC(=O)NC(CO)C(=O)O. The molecule has 0 saturated carbocycles. The minimum Gasteiger partial charge on any atom is -0.480 e. The van der Waals surface area contributed by atoms with E-state index in [-0.39, 0.29) is 24.5 Å². The third-order valence-electron chi connectivity index (χ3n) is 10.1. The average Bonchev–Trinajstić information content (AvgIpc) is 3.13. The van der Waals surface area contributed by atoms with Crippen molar-refractivity contribution in [2.45, 2.75) is 238 Å². The number of carbonyl (C=O) groups excluding carboxylic acids is 3. The molecule has 0 aliphatic rings. The molecule has 9 heteroatoms. The standard InChI is InChI=1S/C43H82N2O7/c1-3-5-7-9-11-13-14-15-16-17-18-20-22-27-31-35-42(49)52-38(32-28-24-21-19-12-10-8-6-4-2)33-29-25-23-26-30-34-40(47)44-36-41(48)45-39(37-46)43(50)51/h38-39,46H,3-37H2,1-2H3,(H,44,47)(H,45,48)(H,50,51). The van der Waals surface area contributed by atoms with Gasteiger partial charge in [-0.05, 0) is 38.5 Å². The minimum absolute atomic E-state index is 0.00289. The molecule has 2 atom stereocenters. The van der Waals surface area contributed by atoms with Crippen molar-refractivity contribution in [1.29, 1.82) is 0 Å². The number of unbranched alkanes of at least 4 members (excludes halogenated alkanes) is 26. The molecule has 9 nitrogen and oxygen atoms in total. The summed E-state index contributed by atoms with van der Waals surface area (Å²) in [6.07, 6.45) is 38.4. The summed E-state index contributed by atoms with van der Waals surface area (Å²) in [5, 5.41) is 22.5. The van der Waals surface area contributed by atoms with Gasteiger partial charge in [-0.15, -0.1) is 0 Å². The van der Waals surface area contributed by atoms with Gasteiger partial charge in [-0.3, -0.25) is 14.4 Å². The summed E-state index contributed by atoms with van der Waals surface area (Å²) < 4.78 is 6.02. The average molecular weight is 739 g/mol. The van der Waals surface area contributed by atoms with E-state index in [0.29, 0.717) is 19.3 Å². The number of ether oxygens (including phenoxy) is 1. The number of hydrogen-bond donors (Lipinski definition) is 4. The summed E-state index contributed by atoms with van der Waals surface area (Å²) >= 11 is 0. The van der Waals surface area contributed by atoms with Crippen LogP contribution in [0.3, 0.4) is 0 Å². The van der Waals surface area contributed by atoms with Gasteiger partial charge in [-0.2, -0.15) is 0 Å². The normalized spacial score (nSPS) is 12.4. The molecule has 2 unspecified atom stereocenters. The van der Waals surface area contributed by atoms with E-state index >= 15 is 0 Å². The Hall–Kier alpha value is -2.16. The van der Waals surface area contributed by atoms with Crippen LogP contribution in [-0.2, 0) is 23.9 Å². The summed E-state index contributed by atoms with van der Waals surface area (Å²) in [5.74, 6) is -2.27. The number of aliphatic hydroxyl groups is 1. The number of nitrogens with one attached hydrogen (secondary N) is 2. The Balaban J connectivity index is 4.19. The first-order valence-electron chi connectivity index (χ1n) is 21.9. The number of aliphatic hydroxyl groups excluding tert-OH is 1. The molecule has 0 radical (unpaired) electrons. The molecule has 0 aromatic heterocycles. The smallest absolute Gasteiger partial charge is 0.328 e. The topological polar surface area (TPSA) is 142 Å². The molecule has 4 N–H and O–H groups in total. The molecule has 2 amide bonds. The Bertz CT molecular complexity index is 853. The maximum Gasteiger partial charge on any atom is 0.328 e. The highest BCUT2D eigenvalue weighted by atomic mass is 16.5. The predicted octanol–water partition coefficient (Wildman–Crippen LogP) is 10.5. The number of hydrogen-bond acceptors (Lipinski definition) is 6. The summed E-state index contributed by atoms with van der Waals surface area (Å²) in [4.78, 5) is 47.5. The van der Waals surface area contributed by atoms with Crippen molar-refractivity contribution in [3.8, 4) is 0 Å². The zero-order chi connectivity index (χ0) is 38.3. The summed E-state index contributed by atoms with van der Waals surface area (Å²) in [7, 11) is 0. The highest BCUT2D eigenvalue weighted by Crippen LogP contribution is 2.19. The van der Waals surface area contributed by atoms with Crippen LogP contribution in [0.1, 0.15) is 226 Å². The first kappa shape index (κ1) is 49.8. The van der Waals surface area contributed by atoms with Crippen LogP contribution in [0.4, 0.5) is 0 Å². The molecule has 0 bridgehead atoms. The Morgan fingerprint density at radius 1 is 0.500 bits per heavy atom. The third kappa shape index (κ3) is 34.9. The van der Waals surface area contributed by atoms with E-state index in [1.165, 1.54) is 135 Å². The first-order valence-corrected chi connectivity index (χ1v) is 21.9. The summed E-state index contributed by atoms with van der Waals surface area (Å²) in [5.41, 5.74) is 0. The monoisotopic (exact) mass is 739 g/mol. The van der Waals surface area contributed by atoms with E-state index in [9.17, 15) is 19.2 Å². The number of rotatable bonds is 40. The van der Waals surface area contributed by atoms with Gasteiger partial charge in [0, 0.05) is 12.8 Å². The van der Waals surface area contributed by atoms with Crippen LogP contribution in [0, 0.1) is 0 Å². The van der Waals surface area contributed by atoms with Gasteiger partial charge in [0.25, 0.3) is 0 Å². The second kappa shape index (κ2) is 38.6. The molecule has 0 rings (SSSR count). The second-order valence-corrected chi connectivity index (χ2v) is 15.2. The lowest BCUT2D eigenvalue weighted by Crippen LogP contribution is -2.47. The summed E-state index contributed by atoms with van der Waals surface area (Å²) in [6.45, 7) is 3.49. The fourth-order valence-corrected chi connectivity index (χ4v) is 6.72. The Kier molecular flexibility index (Phi) is 37.0. The number of aliphatic carboxylic acids is 1. The minimum atomic E-state index is -1.38. The van der Waals surface area contributed by atoms with E-state index in [1.54, 1.807) is 0 Å². The van der Waals surface area contributed by atoms with Gasteiger partial charge in [0.05, 0.1) is 13.2 Å². The van der Waals surface area contributed by atoms with Crippen LogP contribution < -0.4 is 10.6 Å². The number of carbonyl (C=O) groups is 4. The van der Waals surface area contributed by atoms with Crippen molar-refractivity contribution in [3.05, 3.63) is 0 Å². The zero-order valence-electron chi connectivity index (χ0n) is 33.8. The fraction of sp³-hybridized carbons (Fsp3) is 0.907. The van der Waals surface area contributed by atoms with Gasteiger partial charge in [0.1, 0.15) is 12.1 Å². The van der Waals surface area contributed by atoms with Crippen LogP contribution >= 0.6 is 0 Å². The van der Waals surface area contributed by atoms with E-state index in [1.807, 2.05) is 0 Å². The van der Waals surface area contributed by atoms with Gasteiger partial charge >= 0.3 is 11.9 Å². The maximum atomic E-state index is 12.8. The lowest BCUT2D eigenvalue weighted by Gasteiger charge is -2.18. The third-order valence-corrected chi connectivity index (χ3v) is 10.1. The van der Waals surface area contributed by atoms with E-state index < -0.39 is 24.5 Å². The molecule has 0 aromatic carbocycles. The Morgan fingerprint density at radius 3 is 1.25 bits per heavy atom. The molecule has 0 spiro atoms. The van der Waals surface area contributed by atoms with Crippen molar-refractivity contribution in [1.82, 2.24) is 10.6 Å². The van der Waals surface area contributed by atoms with Crippen LogP contribution in [0.5, 0.6) is 0 Å². The van der Waals surface area contributed by atoms with Crippen molar-refractivity contribution in [2.24, 2.45) is 0 Å². The van der Waals surface area contributed by atoms with Gasteiger partial charge in [-0.1, -0.05) is 174 Å². The fourth-order valence-electron chi connectivity index (χ4n) is 6.72. The van der Waals surface area contributed by atoms with Crippen molar-refractivity contribution in [2.75, 3.05) is 13.2 Å². The molecule has 0 aromatic rings. The number of esters is 1. The second-order valence-electron chi connectivity index (χ2n) is 15.2. The van der Waals surface area contributed by atoms with Crippen molar-refractivity contribution in [3.63, 3.8) is 0 Å². The molecule has 52 heavy (non-hydrogen) atoms. The lowest BCUT2D eigenvalue weighted by molar-refractivity contribution is -0.150. The largest absolute Gasteiger partial charge is 0.480 e. The molecular weight excluding hydrogens is 656 g/mol. The van der Waals surface area contributed by atoms with Crippen LogP contribution in [-0.4, -0.2) is 59.3 Å². The zero-order valence-corrected chi connectivity index (χ0v) is 33.8. The molecule has 0 saturated heterocycles. The highest BCUT2D eigenvalue weighted by molar-refractivity contribution is 5.87. The van der Waals surface area contributed by atoms with Gasteiger partial charge in [0.15, 0.2) is 0 Å². The van der Waals surface area contributed by atoms with E-state index in [4.69, 9.17) is 14.9 Å². The maximum absolute atomic E-state index is 12.8. The Morgan fingerprint density at radius 2 is 0.865 bits per heavy atom.